The number of furan rings is 1. The molecule has 166 valence electrons. The predicted octanol–water partition coefficient (Wildman–Crippen LogP) is 3.49. The number of hydrogen-bond donors (Lipinski definition) is 2. The normalized spacial score (nSPS) is 16.2. The smallest absolute Gasteiger partial charge is 0.455 e. The standard InChI is InChI=1S/C17H16F7N3O3/c1-3-7-25-13(28)12-8(2)11-9(5-4-6-10(11)30-12)26-27-14(29)15(18,19)16(20,21)17(22,23)24/h3H,1,4-7H2,2H3,(H,25,28)(H,27,29)/b26-9+. The number of nitrogens with zero attached hydrogens (tertiary/aromatic N) is 1. The molecule has 0 saturated carbocycles. The molecule has 0 saturated heterocycles. The van der Waals surface area contributed by atoms with Crippen molar-refractivity contribution >= 4 is 17.5 Å². The summed E-state index contributed by atoms with van der Waals surface area (Å²) < 4.78 is 94.8. The summed E-state index contributed by atoms with van der Waals surface area (Å²) in [6.07, 6.45) is -4.48. The molecule has 1 aliphatic carbocycles. The van der Waals surface area contributed by atoms with Crippen LogP contribution in [0.25, 0.3) is 0 Å². The van der Waals surface area contributed by atoms with E-state index in [0.29, 0.717) is 12.8 Å². The first-order valence-electron chi connectivity index (χ1n) is 8.46. The lowest BCUT2D eigenvalue weighted by Crippen LogP contribution is -2.58. The fourth-order valence-corrected chi connectivity index (χ4v) is 2.75. The average Bonchev–Trinajstić information content (AvgIpc) is 3.00. The van der Waals surface area contributed by atoms with Gasteiger partial charge in [-0.25, -0.2) is 5.43 Å². The highest BCUT2D eigenvalue weighted by molar-refractivity contribution is 6.06. The zero-order valence-electron chi connectivity index (χ0n) is 15.4. The average molecular weight is 443 g/mol. The van der Waals surface area contributed by atoms with Crippen LogP contribution in [0.4, 0.5) is 30.7 Å². The summed E-state index contributed by atoms with van der Waals surface area (Å²) in [5.74, 6) is -16.1. The Hall–Kier alpha value is -2.86. The Kier molecular flexibility index (Phi) is 6.33. The van der Waals surface area contributed by atoms with Crippen molar-refractivity contribution in [2.75, 3.05) is 6.54 Å². The van der Waals surface area contributed by atoms with Gasteiger partial charge in [0.1, 0.15) is 5.76 Å². The van der Waals surface area contributed by atoms with Gasteiger partial charge in [0, 0.05) is 24.1 Å². The number of aryl methyl sites for hydroxylation is 1. The highest BCUT2D eigenvalue weighted by Gasteiger charge is 2.76. The van der Waals surface area contributed by atoms with Crippen molar-refractivity contribution in [1.29, 1.82) is 0 Å². The van der Waals surface area contributed by atoms with E-state index in [2.05, 4.69) is 17.0 Å². The Balaban J connectivity index is 2.31. The minimum Gasteiger partial charge on any atom is -0.455 e. The van der Waals surface area contributed by atoms with Gasteiger partial charge in [-0.15, -0.1) is 6.58 Å². The Labute approximate surface area is 165 Å². The molecule has 0 atom stereocenters. The molecule has 2 amide bonds. The number of nitrogens with one attached hydrogen (secondary N) is 2. The molecule has 0 bridgehead atoms. The molecule has 2 rings (SSSR count). The number of hydrazone groups is 1. The van der Waals surface area contributed by atoms with E-state index in [4.69, 9.17) is 4.42 Å². The maximum atomic E-state index is 13.4. The van der Waals surface area contributed by atoms with Gasteiger partial charge in [0.25, 0.3) is 5.91 Å². The third-order valence-corrected chi connectivity index (χ3v) is 4.27. The molecule has 1 aromatic heterocycles. The van der Waals surface area contributed by atoms with Crippen LogP contribution in [0.15, 0.2) is 22.2 Å². The van der Waals surface area contributed by atoms with E-state index in [0.717, 1.165) is 5.43 Å². The second kappa shape index (κ2) is 8.11. The first kappa shape index (κ1) is 23.4. The Bertz CT molecular complexity index is 888. The number of hydrogen-bond acceptors (Lipinski definition) is 4. The Morgan fingerprint density at radius 3 is 2.37 bits per heavy atom. The van der Waals surface area contributed by atoms with Crippen LogP contribution in [0.1, 0.15) is 40.3 Å². The predicted molar refractivity (Wildman–Crippen MR) is 89.5 cm³/mol. The number of amides is 2. The van der Waals surface area contributed by atoms with Gasteiger partial charge >= 0.3 is 23.9 Å². The van der Waals surface area contributed by atoms with E-state index < -0.39 is 29.8 Å². The summed E-state index contributed by atoms with van der Waals surface area (Å²) in [5.41, 5.74) is 1.41. The van der Waals surface area contributed by atoms with Gasteiger partial charge < -0.3 is 9.73 Å². The number of carbonyl (C=O) groups excluding carboxylic acids is 2. The van der Waals surface area contributed by atoms with Crippen molar-refractivity contribution in [3.8, 4) is 0 Å². The van der Waals surface area contributed by atoms with Crippen molar-refractivity contribution in [1.82, 2.24) is 10.7 Å². The van der Waals surface area contributed by atoms with Crippen LogP contribution < -0.4 is 10.7 Å². The molecule has 30 heavy (non-hydrogen) atoms. The molecule has 0 spiro atoms. The van der Waals surface area contributed by atoms with Crippen LogP contribution in [-0.4, -0.2) is 42.1 Å². The number of fused-ring (bicyclic) bond motifs is 1. The number of halogens is 7. The molecule has 0 unspecified atom stereocenters. The molecule has 0 aromatic carbocycles. The fourth-order valence-electron chi connectivity index (χ4n) is 2.75. The minimum absolute atomic E-state index is 0.0720. The van der Waals surface area contributed by atoms with E-state index in [1.807, 2.05) is 0 Å². The van der Waals surface area contributed by atoms with Crippen molar-refractivity contribution in [2.45, 2.75) is 44.2 Å². The summed E-state index contributed by atoms with van der Waals surface area (Å²) in [5, 5.41) is 5.78. The van der Waals surface area contributed by atoms with Crippen LogP contribution in [0.5, 0.6) is 0 Å². The largest absolute Gasteiger partial charge is 0.460 e. The van der Waals surface area contributed by atoms with Crippen LogP contribution in [0.2, 0.25) is 0 Å². The lowest BCUT2D eigenvalue weighted by molar-refractivity contribution is -0.344. The number of rotatable bonds is 6. The van der Waals surface area contributed by atoms with Crippen LogP contribution in [-0.2, 0) is 11.2 Å². The second-order valence-electron chi connectivity index (χ2n) is 6.35. The van der Waals surface area contributed by atoms with E-state index in [1.165, 1.54) is 13.0 Å². The van der Waals surface area contributed by atoms with Crippen molar-refractivity contribution in [2.24, 2.45) is 5.10 Å². The van der Waals surface area contributed by atoms with Gasteiger partial charge in [-0.3, -0.25) is 9.59 Å². The summed E-state index contributed by atoms with van der Waals surface area (Å²) in [6, 6.07) is 0. The minimum atomic E-state index is -6.65. The molecule has 2 N–H and O–H groups in total. The van der Waals surface area contributed by atoms with E-state index in [-0.39, 0.29) is 41.3 Å². The SMILES string of the molecule is C=CCNC(=O)c1oc2c(c1C)/C(=N/NC(=O)C(F)(F)C(F)(F)C(F)(F)F)CCC2. The Morgan fingerprint density at radius 2 is 1.80 bits per heavy atom. The highest BCUT2D eigenvalue weighted by atomic mass is 19.4. The molecule has 0 aliphatic heterocycles. The molecule has 13 heteroatoms. The maximum absolute atomic E-state index is 13.4. The van der Waals surface area contributed by atoms with Gasteiger partial charge in [0.15, 0.2) is 5.76 Å². The maximum Gasteiger partial charge on any atom is 0.460 e. The zero-order chi connectivity index (χ0) is 22.9. The van der Waals surface area contributed by atoms with E-state index in [1.54, 1.807) is 0 Å². The van der Waals surface area contributed by atoms with Crippen LogP contribution in [0, 0.1) is 6.92 Å². The topological polar surface area (TPSA) is 83.7 Å². The quantitative estimate of drug-likeness (QED) is 0.401. The first-order chi connectivity index (χ1) is 13.8. The molecule has 0 radical (unpaired) electrons. The molecular weight excluding hydrogens is 427 g/mol. The summed E-state index contributed by atoms with van der Waals surface area (Å²) in [6.45, 7) is 5.00. The summed E-state index contributed by atoms with van der Waals surface area (Å²) in [4.78, 5) is 23.5. The number of carbonyl (C=O) groups is 2. The molecule has 1 aromatic rings. The van der Waals surface area contributed by atoms with Crippen LogP contribution >= 0.6 is 0 Å². The summed E-state index contributed by atoms with van der Waals surface area (Å²) in [7, 11) is 0. The molecule has 1 heterocycles. The van der Waals surface area contributed by atoms with E-state index in [9.17, 15) is 40.3 Å². The monoisotopic (exact) mass is 443 g/mol. The molecule has 0 fully saturated rings. The second-order valence-corrected chi connectivity index (χ2v) is 6.35. The molecule has 1 aliphatic rings. The molecule has 6 nitrogen and oxygen atoms in total. The first-order valence-corrected chi connectivity index (χ1v) is 8.46. The zero-order valence-corrected chi connectivity index (χ0v) is 15.4. The number of alkyl halides is 7. The highest BCUT2D eigenvalue weighted by Crippen LogP contribution is 2.46. The summed E-state index contributed by atoms with van der Waals surface area (Å²) >= 11 is 0. The van der Waals surface area contributed by atoms with Crippen molar-refractivity contribution in [3.63, 3.8) is 0 Å². The lowest BCUT2D eigenvalue weighted by Gasteiger charge is -2.26. The fraction of sp³-hybridized carbons (Fsp3) is 0.471. The van der Waals surface area contributed by atoms with Gasteiger partial charge in [-0.05, 0) is 19.8 Å². The van der Waals surface area contributed by atoms with E-state index >= 15 is 0 Å². The van der Waals surface area contributed by atoms with Gasteiger partial charge in [-0.1, -0.05) is 6.08 Å². The van der Waals surface area contributed by atoms with Gasteiger partial charge in [0.05, 0.1) is 5.71 Å². The van der Waals surface area contributed by atoms with Crippen molar-refractivity contribution < 1.29 is 44.7 Å². The third kappa shape index (κ3) is 4.05. The van der Waals surface area contributed by atoms with Gasteiger partial charge in [-0.2, -0.15) is 35.8 Å². The lowest BCUT2D eigenvalue weighted by atomic mass is 9.93. The van der Waals surface area contributed by atoms with Gasteiger partial charge in [0.2, 0.25) is 0 Å². The Morgan fingerprint density at radius 1 is 1.17 bits per heavy atom. The molecular formula is C17H16F7N3O3. The van der Waals surface area contributed by atoms with Crippen molar-refractivity contribution in [3.05, 3.63) is 35.3 Å². The van der Waals surface area contributed by atoms with Crippen LogP contribution in [0.3, 0.4) is 0 Å². The third-order valence-electron chi connectivity index (χ3n) is 4.27.